The molecule has 13 N–H and O–H groups in total. The van der Waals surface area contributed by atoms with Crippen molar-refractivity contribution in [2.45, 2.75) is 67.3 Å². The number of carbonyl (C=O) groups is 8. The number of fused-ring (bicyclic) bond motifs is 8. The monoisotopic (exact) mass is 1320 g/mol. The standard InChI is InChI=1S/C67H60N4O25/c1-64(87)26-11-7-13-32(73)42(26)52(77)44-28(64)19-30-50(70(3)4)54(48(60(68)83)58(81)66(30,89)56(44)79)95-62(85)40-21-34(75)46-36(15-9-17-38(46)93-40)91-23-25(72)24-92-37-16-10-18-39-47(37)35(76)22-41(94-39)63(86)96-55-49(61(69)84)59(82)67(90)31(51(55)71(5)6)20-29-45(57(67)80)53(78)43-27(65(29,2)88)12-8-14-33(43)74/h7-18,21-22,25,28-31,50-51,72-74,79-80,87-90H,19-20,23-24H2,1-6H3,(H2,68,83)(H2,69,84). The minimum Gasteiger partial charge on any atom is -0.508 e. The second-order valence-electron chi connectivity index (χ2n) is 25.1. The van der Waals surface area contributed by atoms with Gasteiger partial charge in [-0.3, -0.25) is 48.2 Å². The van der Waals surface area contributed by atoms with Gasteiger partial charge in [0.2, 0.25) is 23.1 Å². The third-order valence-electron chi connectivity index (χ3n) is 19.1. The second kappa shape index (κ2) is 22.8. The Morgan fingerprint density at radius 3 is 1.26 bits per heavy atom. The van der Waals surface area contributed by atoms with Crippen molar-refractivity contribution in [2.24, 2.45) is 35.1 Å². The van der Waals surface area contributed by atoms with Crippen molar-refractivity contribution in [1.29, 1.82) is 0 Å². The summed E-state index contributed by atoms with van der Waals surface area (Å²) in [6, 6.07) is 14.2. The molecule has 6 aromatic rings. The summed E-state index contributed by atoms with van der Waals surface area (Å²) in [6.45, 7) is 1.43. The maximum absolute atomic E-state index is 14.5. The molecule has 0 bridgehead atoms. The molecule has 10 atom stereocenters. The lowest BCUT2D eigenvalue weighted by molar-refractivity contribution is -0.152. The summed E-state index contributed by atoms with van der Waals surface area (Å²) < 4.78 is 34.7. The molecule has 0 fully saturated rings. The topological polar surface area (TPSA) is 474 Å². The van der Waals surface area contributed by atoms with Crippen LogP contribution < -0.4 is 31.8 Å². The van der Waals surface area contributed by atoms with E-state index in [1.54, 1.807) is 0 Å². The van der Waals surface area contributed by atoms with Gasteiger partial charge in [-0.05, 0) is 102 Å². The number of carbonyl (C=O) groups excluding carboxylic acids is 8. The van der Waals surface area contributed by atoms with Crippen molar-refractivity contribution >= 4 is 68.8 Å². The number of ketones is 4. The van der Waals surface area contributed by atoms with Gasteiger partial charge in [-0.15, -0.1) is 0 Å². The maximum Gasteiger partial charge on any atom is 0.379 e. The molecular weight excluding hydrogens is 1260 g/mol. The number of Topliss-reactive ketones (excluding diaryl/α,β-unsaturated/α-hetero) is 4. The first kappa shape index (κ1) is 65.4. The molecule has 4 aromatic carbocycles. The van der Waals surface area contributed by atoms with Crippen LogP contribution in [0.5, 0.6) is 23.0 Å². The number of aliphatic hydroxyl groups excluding tert-OH is 3. The molecular formula is C67H60N4O25. The Bertz CT molecular complexity index is 4500. The highest BCUT2D eigenvalue weighted by atomic mass is 16.6. The summed E-state index contributed by atoms with van der Waals surface area (Å²) in [6.07, 6.45) is -2.46. The smallest absolute Gasteiger partial charge is 0.379 e. The molecule has 10 unspecified atom stereocenters. The number of aromatic hydroxyl groups is 2. The predicted molar refractivity (Wildman–Crippen MR) is 327 cm³/mol. The summed E-state index contributed by atoms with van der Waals surface area (Å²) in [4.78, 5) is 142. The van der Waals surface area contributed by atoms with Gasteiger partial charge in [0.1, 0.15) is 98.4 Å². The number of amides is 2. The maximum atomic E-state index is 14.5. The molecule has 2 aromatic heterocycles. The van der Waals surface area contributed by atoms with E-state index in [0.29, 0.717) is 12.1 Å². The number of nitrogens with two attached hydrogens (primary N) is 2. The molecule has 29 nitrogen and oxygen atoms in total. The van der Waals surface area contributed by atoms with Crippen molar-refractivity contribution in [3.05, 3.63) is 184 Å². The number of aliphatic hydroxyl groups is 7. The van der Waals surface area contributed by atoms with Crippen molar-refractivity contribution in [3.8, 4) is 23.0 Å². The molecule has 0 saturated carbocycles. The molecule has 2 amide bonds. The fourth-order valence-electron chi connectivity index (χ4n) is 14.7. The van der Waals surface area contributed by atoms with E-state index < -0.39 is 228 Å². The van der Waals surface area contributed by atoms with E-state index in [1.165, 1.54) is 125 Å². The summed E-state index contributed by atoms with van der Waals surface area (Å²) >= 11 is 0. The van der Waals surface area contributed by atoms with Crippen molar-refractivity contribution in [1.82, 2.24) is 9.80 Å². The zero-order valence-corrected chi connectivity index (χ0v) is 51.6. The van der Waals surface area contributed by atoms with Gasteiger partial charge in [0.05, 0.1) is 34.4 Å². The van der Waals surface area contributed by atoms with Crippen molar-refractivity contribution < 1.29 is 112 Å². The number of phenols is 2. The Kier molecular flexibility index (Phi) is 15.5. The summed E-state index contributed by atoms with van der Waals surface area (Å²) in [5.41, 5.74) is -5.38. The molecule has 2 heterocycles. The number of nitrogens with zero attached hydrogens (tertiary/aromatic N) is 2. The first-order valence-electron chi connectivity index (χ1n) is 29.6. The Morgan fingerprint density at radius 1 is 0.562 bits per heavy atom. The number of hydrogen-bond donors (Lipinski definition) is 11. The Hall–Kier alpha value is -10.7. The molecule has 498 valence electrons. The van der Waals surface area contributed by atoms with Crippen LogP contribution in [0, 0.1) is 23.7 Å². The fourth-order valence-corrected chi connectivity index (χ4v) is 14.7. The molecule has 0 saturated heterocycles. The van der Waals surface area contributed by atoms with E-state index in [0.717, 1.165) is 0 Å². The van der Waals surface area contributed by atoms with Crippen LogP contribution in [-0.2, 0) is 39.9 Å². The van der Waals surface area contributed by atoms with Gasteiger partial charge in [0, 0.05) is 47.0 Å². The average molecular weight is 1320 g/mol. The van der Waals surface area contributed by atoms with Crippen LogP contribution in [0.3, 0.4) is 0 Å². The Labute approximate surface area is 540 Å². The van der Waals surface area contributed by atoms with E-state index in [1.807, 2.05) is 0 Å². The summed E-state index contributed by atoms with van der Waals surface area (Å²) in [5.74, 6) is -23.9. The lowest BCUT2D eigenvalue weighted by atomic mass is 9.55. The van der Waals surface area contributed by atoms with E-state index in [9.17, 15) is 93.9 Å². The van der Waals surface area contributed by atoms with E-state index >= 15 is 0 Å². The van der Waals surface area contributed by atoms with Crippen molar-refractivity contribution in [3.63, 3.8) is 0 Å². The van der Waals surface area contributed by atoms with E-state index in [4.69, 9.17) is 39.2 Å². The van der Waals surface area contributed by atoms with Crippen LogP contribution in [0.15, 0.2) is 149 Å². The van der Waals surface area contributed by atoms with Crippen LogP contribution in [0.1, 0.15) is 79.6 Å². The number of hydrogen-bond acceptors (Lipinski definition) is 27. The molecule has 6 aliphatic carbocycles. The van der Waals surface area contributed by atoms with Crippen LogP contribution >= 0.6 is 0 Å². The SMILES string of the molecule is CN(C)C1C(OC(=O)c2cc(=O)c3c(OCC(O)COc4cccc5oc(C(=O)OC6=C(C(N)=O)C(=O)C7(O)C(O)=C8C(=O)c9c(O)cccc9C(C)(O)C8CC7C6N(C)C)cc(=O)c45)cccc3o2)=C(C(N)=O)C(=O)C2(O)C(O)=C3C(=O)c4c(O)cccc4C(C)(O)C3CC12. The fraction of sp³-hybridized carbons (Fsp3) is 0.313. The molecule has 96 heavy (non-hydrogen) atoms. The predicted octanol–water partition coefficient (Wildman–Crippen LogP) is 1.51. The van der Waals surface area contributed by atoms with Crippen LogP contribution in [0.4, 0.5) is 0 Å². The Morgan fingerprint density at radius 2 is 0.917 bits per heavy atom. The normalized spacial score (nSPS) is 27.2. The average Bonchev–Trinajstić information content (AvgIpc) is 0.694. The first-order chi connectivity index (χ1) is 45.1. The zero-order valence-electron chi connectivity index (χ0n) is 51.6. The number of ether oxygens (including phenoxy) is 4. The minimum atomic E-state index is -3.08. The van der Waals surface area contributed by atoms with Gasteiger partial charge in [-0.2, -0.15) is 0 Å². The second-order valence-corrected chi connectivity index (χ2v) is 25.1. The molecule has 0 spiro atoms. The Balaban J connectivity index is 0.756. The lowest BCUT2D eigenvalue weighted by Gasteiger charge is -2.53. The first-order valence-corrected chi connectivity index (χ1v) is 29.6. The molecule has 29 heteroatoms. The van der Waals surface area contributed by atoms with Crippen LogP contribution in [0.25, 0.3) is 21.9 Å². The van der Waals surface area contributed by atoms with E-state index in [-0.39, 0.29) is 44.6 Å². The third kappa shape index (κ3) is 9.54. The lowest BCUT2D eigenvalue weighted by Crippen LogP contribution is -2.65. The highest BCUT2D eigenvalue weighted by Crippen LogP contribution is 2.59. The molecule has 0 radical (unpaired) electrons. The number of rotatable bonds is 14. The van der Waals surface area contributed by atoms with Gasteiger partial charge < -0.3 is 85.2 Å². The quantitative estimate of drug-likeness (QED) is 0.0544. The number of benzene rings is 4. The molecule has 0 aliphatic heterocycles. The summed E-state index contributed by atoms with van der Waals surface area (Å²) in [5, 5.41) is 104. The third-order valence-corrected chi connectivity index (χ3v) is 19.1. The van der Waals surface area contributed by atoms with E-state index in [2.05, 4.69) is 0 Å². The van der Waals surface area contributed by atoms with Crippen molar-refractivity contribution in [2.75, 3.05) is 41.4 Å². The van der Waals surface area contributed by atoms with Gasteiger partial charge in [0.25, 0.3) is 11.8 Å². The highest BCUT2D eigenvalue weighted by Gasteiger charge is 2.68. The van der Waals surface area contributed by atoms with Gasteiger partial charge in [0.15, 0.2) is 33.6 Å². The number of likely N-dealkylation sites (N-methyl/N-ethyl adjacent to an activating group) is 2. The van der Waals surface area contributed by atoms with Crippen LogP contribution in [0.2, 0.25) is 0 Å². The number of phenolic OH excluding ortho intramolecular Hbond substituents is 2. The summed E-state index contributed by atoms with van der Waals surface area (Å²) in [7, 11) is 5.63. The number of primary amides is 2. The minimum absolute atomic E-state index is 0.0204. The largest absolute Gasteiger partial charge is 0.508 e. The molecule has 6 aliphatic rings. The molecule has 12 rings (SSSR count). The zero-order chi connectivity index (χ0) is 69.6. The highest BCUT2D eigenvalue weighted by molar-refractivity contribution is 6.26. The van der Waals surface area contributed by atoms with Gasteiger partial charge >= 0.3 is 11.9 Å². The van der Waals surface area contributed by atoms with Crippen LogP contribution in [-0.4, -0.2) is 173 Å². The van der Waals surface area contributed by atoms with Gasteiger partial charge in [-0.1, -0.05) is 36.4 Å². The number of esters is 2. The van der Waals surface area contributed by atoms with Gasteiger partial charge in [-0.25, -0.2) is 9.59 Å².